The van der Waals surface area contributed by atoms with Crippen molar-refractivity contribution >= 4 is 18.3 Å². The number of likely N-dealkylation sites (tertiary alicyclic amines) is 1. The molecule has 6 nitrogen and oxygen atoms in total. The van der Waals surface area contributed by atoms with Gasteiger partial charge in [-0.25, -0.2) is 0 Å². The lowest BCUT2D eigenvalue weighted by atomic mass is 9.58. The average molecular weight is 407 g/mol. The molecule has 1 aliphatic heterocycles. The molecular formula is C18H25ClF2N2O4. The molecule has 9 heteroatoms. The Bertz CT molecular complexity index is 642. The summed E-state index contributed by atoms with van der Waals surface area (Å²) in [7, 11) is 0. The van der Waals surface area contributed by atoms with Gasteiger partial charge in [0.15, 0.2) is 0 Å². The Morgan fingerprint density at radius 1 is 1.33 bits per heavy atom. The van der Waals surface area contributed by atoms with Crippen LogP contribution in [0.4, 0.5) is 8.78 Å². The van der Waals surface area contributed by atoms with E-state index >= 15 is 0 Å². The Morgan fingerprint density at radius 3 is 2.59 bits per heavy atom. The SMILES string of the molecule is Cl.NCCO[C@H]1C[C@@H](O)C12CCN(C(=O)c1ccccc1OC(F)F)CC2. The summed E-state index contributed by atoms with van der Waals surface area (Å²) in [5.74, 6) is -0.468. The molecule has 1 spiro atoms. The molecule has 3 rings (SSSR count). The summed E-state index contributed by atoms with van der Waals surface area (Å²) in [6.45, 7) is -1.25. The number of aliphatic hydroxyl groups is 1. The third kappa shape index (κ3) is 4.34. The molecule has 0 bridgehead atoms. The van der Waals surface area contributed by atoms with Crippen molar-refractivity contribution in [3.8, 4) is 5.75 Å². The van der Waals surface area contributed by atoms with E-state index in [1.807, 2.05) is 0 Å². The zero-order valence-corrected chi connectivity index (χ0v) is 15.7. The van der Waals surface area contributed by atoms with Crippen molar-refractivity contribution in [3.63, 3.8) is 0 Å². The number of hydrogen-bond acceptors (Lipinski definition) is 5. The van der Waals surface area contributed by atoms with Gasteiger partial charge in [-0.3, -0.25) is 4.79 Å². The normalized spacial score (nSPS) is 23.7. The van der Waals surface area contributed by atoms with E-state index in [2.05, 4.69) is 4.74 Å². The predicted molar refractivity (Wildman–Crippen MR) is 97.3 cm³/mol. The molecule has 2 aliphatic rings. The van der Waals surface area contributed by atoms with E-state index in [0.29, 0.717) is 45.5 Å². The fraction of sp³-hybridized carbons (Fsp3) is 0.611. The minimum atomic E-state index is -2.99. The quantitative estimate of drug-likeness (QED) is 0.755. The van der Waals surface area contributed by atoms with Gasteiger partial charge in [0.1, 0.15) is 5.75 Å². The van der Waals surface area contributed by atoms with Gasteiger partial charge in [0.2, 0.25) is 0 Å². The first-order valence-corrected chi connectivity index (χ1v) is 8.81. The number of piperidine rings is 1. The average Bonchev–Trinajstić information content (AvgIpc) is 2.64. The predicted octanol–water partition coefficient (Wildman–Crippen LogP) is 2.04. The summed E-state index contributed by atoms with van der Waals surface area (Å²) in [6, 6.07) is 6.00. The smallest absolute Gasteiger partial charge is 0.387 e. The zero-order chi connectivity index (χ0) is 18.7. The lowest BCUT2D eigenvalue weighted by Crippen LogP contribution is -2.62. The molecule has 1 saturated heterocycles. The number of nitrogens with zero attached hydrogens (tertiary/aromatic N) is 1. The maximum Gasteiger partial charge on any atom is 0.387 e. The number of alkyl halides is 2. The van der Waals surface area contributed by atoms with Crippen LogP contribution < -0.4 is 10.5 Å². The Hall–Kier alpha value is -1.48. The lowest BCUT2D eigenvalue weighted by molar-refractivity contribution is -0.208. The van der Waals surface area contributed by atoms with Crippen LogP contribution in [0, 0.1) is 5.41 Å². The van der Waals surface area contributed by atoms with Gasteiger partial charge in [0.05, 0.1) is 24.4 Å². The summed E-state index contributed by atoms with van der Waals surface area (Å²) in [5.41, 5.74) is 5.25. The van der Waals surface area contributed by atoms with E-state index in [1.54, 1.807) is 17.0 Å². The van der Waals surface area contributed by atoms with E-state index in [0.717, 1.165) is 0 Å². The number of aliphatic hydroxyl groups excluding tert-OH is 1. The number of halogens is 3. The third-order valence-corrected chi connectivity index (χ3v) is 5.49. The first-order valence-electron chi connectivity index (χ1n) is 8.81. The van der Waals surface area contributed by atoms with Crippen LogP contribution in [0.1, 0.15) is 29.6 Å². The first kappa shape index (κ1) is 21.8. The molecule has 1 heterocycles. The van der Waals surface area contributed by atoms with Gasteiger partial charge in [-0.15, -0.1) is 12.4 Å². The summed E-state index contributed by atoms with van der Waals surface area (Å²) in [6.07, 6.45) is 1.30. The number of amides is 1. The summed E-state index contributed by atoms with van der Waals surface area (Å²) in [5, 5.41) is 10.3. The van der Waals surface area contributed by atoms with Crippen molar-refractivity contribution < 1.29 is 28.2 Å². The number of nitrogens with two attached hydrogens (primary N) is 1. The highest BCUT2D eigenvalue weighted by molar-refractivity contribution is 5.97. The molecule has 152 valence electrons. The number of carbonyl (C=O) groups is 1. The highest BCUT2D eigenvalue weighted by Crippen LogP contribution is 2.51. The van der Waals surface area contributed by atoms with Gasteiger partial charge >= 0.3 is 6.61 Å². The molecule has 1 aromatic rings. The zero-order valence-electron chi connectivity index (χ0n) is 14.9. The Morgan fingerprint density at radius 2 is 2.00 bits per heavy atom. The summed E-state index contributed by atoms with van der Waals surface area (Å²) in [4.78, 5) is 14.4. The van der Waals surface area contributed by atoms with Crippen molar-refractivity contribution in [2.75, 3.05) is 26.2 Å². The topological polar surface area (TPSA) is 85.0 Å². The van der Waals surface area contributed by atoms with Crippen LogP contribution in [0.25, 0.3) is 0 Å². The largest absolute Gasteiger partial charge is 0.434 e. The maximum absolute atomic E-state index is 12.7. The van der Waals surface area contributed by atoms with E-state index in [-0.39, 0.29) is 41.1 Å². The number of para-hydroxylation sites is 1. The molecule has 27 heavy (non-hydrogen) atoms. The second-order valence-corrected chi connectivity index (χ2v) is 6.80. The first-order chi connectivity index (χ1) is 12.5. The molecule has 0 radical (unpaired) electrons. The standard InChI is InChI=1S/C18H24F2N2O4.ClH/c19-17(20)26-13-4-2-1-3-12(13)16(24)22-8-5-18(6-9-22)14(23)11-15(18)25-10-7-21;/h1-4,14-15,17,23H,5-11,21H2;1H/t14-,15+;/m1./s1. The van der Waals surface area contributed by atoms with Gasteiger partial charge in [-0.1, -0.05) is 12.1 Å². The molecule has 3 N–H and O–H groups in total. The van der Waals surface area contributed by atoms with Crippen LogP contribution >= 0.6 is 12.4 Å². The Labute approximate surface area is 163 Å². The van der Waals surface area contributed by atoms with E-state index in [9.17, 15) is 18.7 Å². The lowest BCUT2D eigenvalue weighted by Gasteiger charge is -2.56. The number of hydrogen-bond donors (Lipinski definition) is 2. The van der Waals surface area contributed by atoms with Gasteiger partial charge in [0, 0.05) is 31.5 Å². The molecule has 1 aromatic carbocycles. The van der Waals surface area contributed by atoms with Crippen LogP contribution in [0.3, 0.4) is 0 Å². The second-order valence-electron chi connectivity index (χ2n) is 6.80. The Kier molecular flexibility index (Phi) is 7.39. The van der Waals surface area contributed by atoms with Crippen LogP contribution in [0.5, 0.6) is 5.75 Å². The monoisotopic (exact) mass is 406 g/mol. The molecule has 1 amide bonds. The number of ether oxygens (including phenoxy) is 2. The molecule has 1 saturated carbocycles. The second kappa shape index (κ2) is 9.14. The van der Waals surface area contributed by atoms with E-state index < -0.39 is 12.7 Å². The molecule has 0 unspecified atom stereocenters. The van der Waals surface area contributed by atoms with E-state index in [4.69, 9.17) is 10.5 Å². The molecular weight excluding hydrogens is 382 g/mol. The van der Waals surface area contributed by atoms with Crippen LogP contribution in [-0.4, -0.2) is 61.0 Å². The van der Waals surface area contributed by atoms with Crippen molar-refractivity contribution in [1.82, 2.24) is 4.90 Å². The number of rotatable bonds is 6. The van der Waals surface area contributed by atoms with Gasteiger partial charge < -0.3 is 25.2 Å². The summed E-state index contributed by atoms with van der Waals surface area (Å²) < 4.78 is 35.3. The van der Waals surface area contributed by atoms with Crippen LogP contribution in [0.2, 0.25) is 0 Å². The third-order valence-electron chi connectivity index (χ3n) is 5.49. The molecule has 2 fully saturated rings. The summed E-state index contributed by atoms with van der Waals surface area (Å²) >= 11 is 0. The number of carbonyl (C=O) groups excluding carboxylic acids is 1. The highest BCUT2D eigenvalue weighted by atomic mass is 35.5. The van der Waals surface area contributed by atoms with Crippen LogP contribution in [-0.2, 0) is 4.74 Å². The fourth-order valence-corrected chi connectivity index (χ4v) is 3.96. The van der Waals surface area contributed by atoms with Crippen molar-refractivity contribution in [2.24, 2.45) is 11.1 Å². The molecule has 0 aromatic heterocycles. The minimum absolute atomic E-state index is 0. The molecule has 2 atom stereocenters. The van der Waals surface area contributed by atoms with Crippen molar-refractivity contribution in [2.45, 2.75) is 38.1 Å². The fourth-order valence-electron chi connectivity index (χ4n) is 3.96. The van der Waals surface area contributed by atoms with Gasteiger partial charge in [-0.05, 0) is 25.0 Å². The van der Waals surface area contributed by atoms with Gasteiger partial charge in [-0.2, -0.15) is 8.78 Å². The van der Waals surface area contributed by atoms with E-state index in [1.165, 1.54) is 12.1 Å². The van der Waals surface area contributed by atoms with Crippen LogP contribution in [0.15, 0.2) is 24.3 Å². The number of benzene rings is 1. The van der Waals surface area contributed by atoms with Crippen molar-refractivity contribution in [3.05, 3.63) is 29.8 Å². The Balaban J connectivity index is 0.00000261. The minimum Gasteiger partial charge on any atom is -0.434 e. The highest BCUT2D eigenvalue weighted by Gasteiger charge is 2.56. The van der Waals surface area contributed by atoms with Crippen molar-refractivity contribution in [1.29, 1.82) is 0 Å². The van der Waals surface area contributed by atoms with Gasteiger partial charge in [0.25, 0.3) is 5.91 Å². The molecule has 1 aliphatic carbocycles. The maximum atomic E-state index is 12.7.